The number of amides is 1. The van der Waals surface area contributed by atoms with Crippen molar-refractivity contribution in [2.24, 2.45) is 5.92 Å². The van der Waals surface area contributed by atoms with E-state index in [-0.39, 0.29) is 17.5 Å². The van der Waals surface area contributed by atoms with Gasteiger partial charge < -0.3 is 5.32 Å². The van der Waals surface area contributed by atoms with Crippen molar-refractivity contribution >= 4 is 34.9 Å². The van der Waals surface area contributed by atoms with E-state index in [0.717, 1.165) is 37.3 Å². The lowest BCUT2D eigenvalue weighted by atomic mass is 9.96. The number of nitrogens with zero attached hydrogens (tertiary/aromatic N) is 4. The summed E-state index contributed by atoms with van der Waals surface area (Å²) in [4.78, 5) is 31.8. The van der Waals surface area contributed by atoms with Crippen LogP contribution in [0.25, 0.3) is 5.69 Å². The van der Waals surface area contributed by atoms with Crippen LogP contribution in [-0.4, -0.2) is 38.0 Å². The van der Waals surface area contributed by atoms with Gasteiger partial charge in [0.1, 0.15) is 5.82 Å². The molecular weight excluding hydrogens is 437 g/mol. The van der Waals surface area contributed by atoms with Crippen LogP contribution in [0.1, 0.15) is 18.5 Å². The summed E-state index contributed by atoms with van der Waals surface area (Å²) in [6.07, 6.45) is 4.83. The molecule has 3 aromatic rings. The number of anilines is 1. The average molecular weight is 460 g/mol. The topological polar surface area (TPSA) is 72.2 Å². The molecule has 1 aliphatic heterocycles. The van der Waals surface area contributed by atoms with Gasteiger partial charge in [-0.1, -0.05) is 23.2 Å². The molecule has 9 heteroatoms. The van der Waals surface area contributed by atoms with Gasteiger partial charge in [0.05, 0.1) is 17.4 Å². The second kappa shape index (κ2) is 9.26. The maximum absolute atomic E-state index is 12.9. The number of benzene rings is 1. The van der Waals surface area contributed by atoms with Crippen molar-refractivity contribution in [2.75, 3.05) is 18.4 Å². The van der Waals surface area contributed by atoms with Crippen molar-refractivity contribution in [2.45, 2.75) is 26.4 Å². The predicted molar refractivity (Wildman–Crippen MR) is 122 cm³/mol. The number of halogens is 2. The number of carbonyl (C=O) groups excluding carboxylic acids is 1. The standard InChI is InChI=1S/C22H23Cl2N5O2/c1-15-13-28(22(31)29(15)19-5-2-17(23)3-6-19)14-27-10-8-16(9-11-27)21(30)26-20-7-4-18(24)12-25-20/h2-7,12-13,16H,8-11,14H2,1H3,(H,25,26,30). The molecule has 0 saturated carbocycles. The minimum atomic E-state index is -0.0894. The smallest absolute Gasteiger partial charge is 0.310 e. The Hall–Kier alpha value is -2.61. The summed E-state index contributed by atoms with van der Waals surface area (Å²) < 4.78 is 3.39. The molecule has 7 nitrogen and oxygen atoms in total. The fourth-order valence-electron chi connectivity index (χ4n) is 3.85. The van der Waals surface area contributed by atoms with Crippen LogP contribution in [0, 0.1) is 12.8 Å². The monoisotopic (exact) mass is 459 g/mol. The Morgan fingerprint density at radius 1 is 1.10 bits per heavy atom. The van der Waals surface area contributed by atoms with Gasteiger partial charge in [0.2, 0.25) is 5.91 Å². The highest BCUT2D eigenvalue weighted by molar-refractivity contribution is 6.30. The lowest BCUT2D eigenvalue weighted by Gasteiger charge is -2.31. The summed E-state index contributed by atoms with van der Waals surface area (Å²) >= 11 is 11.8. The van der Waals surface area contributed by atoms with E-state index in [1.54, 1.807) is 33.4 Å². The van der Waals surface area contributed by atoms with Crippen LogP contribution in [0.15, 0.2) is 53.6 Å². The van der Waals surface area contributed by atoms with E-state index in [9.17, 15) is 9.59 Å². The van der Waals surface area contributed by atoms with E-state index in [4.69, 9.17) is 23.2 Å². The zero-order chi connectivity index (χ0) is 22.0. The highest BCUT2D eigenvalue weighted by Gasteiger charge is 2.26. The highest BCUT2D eigenvalue weighted by Crippen LogP contribution is 2.20. The van der Waals surface area contributed by atoms with E-state index < -0.39 is 0 Å². The van der Waals surface area contributed by atoms with Gasteiger partial charge in [-0.2, -0.15) is 0 Å². The molecule has 2 aromatic heterocycles. The number of aryl methyl sites for hydroxylation is 1. The molecule has 0 unspecified atom stereocenters. The largest absolute Gasteiger partial charge is 0.334 e. The summed E-state index contributed by atoms with van der Waals surface area (Å²) in [5, 5.41) is 4.01. The molecule has 1 saturated heterocycles. The maximum atomic E-state index is 12.9. The molecule has 0 aliphatic carbocycles. The van der Waals surface area contributed by atoms with Gasteiger partial charge in [-0.05, 0) is 56.2 Å². The molecule has 1 fully saturated rings. The molecule has 0 atom stereocenters. The van der Waals surface area contributed by atoms with Crippen molar-refractivity contribution in [3.05, 3.63) is 75.0 Å². The molecule has 31 heavy (non-hydrogen) atoms. The van der Waals surface area contributed by atoms with Crippen LogP contribution >= 0.6 is 23.2 Å². The van der Waals surface area contributed by atoms with Gasteiger partial charge in [0.15, 0.2) is 0 Å². The Kier molecular flexibility index (Phi) is 6.46. The van der Waals surface area contributed by atoms with E-state index in [1.807, 2.05) is 25.3 Å². The van der Waals surface area contributed by atoms with Gasteiger partial charge in [-0.25, -0.2) is 9.78 Å². The number of hydrogen-bond acceptors (Lipinski definition) is 4. The fraction of sp³-hybridized carbons (Fsp3) is 0.318. The molecule has 0 spiro atoms. The first-order chi connectivity index (χ1) is 14.9. The van der Waals surface area contributed by atoms with Gasteiger partial charge in [-0.3, -0.25) is 18.8 Å². The minimum Gasteiger partial charge on any atom is -0.310 e. The molecule has 1 aromatic carbocycles. The van der Waals surface area contributed by atoms with Crippen molar-refractivity contribution < 1.29 is 4.79 Å². The summed E-state index contributed by atoms with van der Waals surface area (Å²) in [7, 11) is 0. The molecule has 0 radical (unpaired) electrons. The van der Waals surface area contributed by atoms with Crippen molar-refractivity contribution in [3.63, 3.8) is 0 Å². The summed E-state index contributed by atoms with van der Waals surface area (Å²) in [6, 6.07) is 10.6. The third kappa shape index (κ3) is 5.01. The number of carbonyl (C=O) groups is 1. The zero-order valence-corrected chi connectivity index (χ0v) is 18.6. The molecule has 3 heterocycles. The highest BCUT2D eigenvalue weighted by atomic mass is 35.5. The first-order valence-electron chi connectivity index (χ1n) is 10.1. The Labute approximate surface area is 190 Å². The Bertz CT molecular complexity index is 1110. The Balaban J connectivity index is 1.36. The quantitative estimate of drug-likeness (QED) is 0.626. The van der Waals surface area contributed by atoms with Gasteiger partial charge >= 0.3 is 5.69 Å². The third-order valence-corrected chi connectivity index (χ3v) is 5.98. The van der Waals surface area contributed by atoms with Gasteiger partial charge in [0, 0.05) is 42.1 Å². The first-order valence-corrected chi connectivity index (χ1v) is 10.9. The molecule has 1 N–H and O–H groups in total. The van der Waals surface area contributed by atoms with Crippen LogP contribution in [-0.2, 0) is 11.5 Å². The second-order valence-corrected chi connectivity index (χ2v) is 8.59. The molecule has 0 bridgehead atoms. The van der Waals surface area contributed by atoms with Crippen molar-refractivity contribution in [1.29, 1.82) is 0 Å². The summed E-state index contributed by atoms with van der Waals surface area (Å²) in [6.45, 7) is 3.88. The van der Waals surface area contributed by atoms with Crippen molar-refractivity contribution in [3.8, 4) is 5.69 Å². The van der Waals surface area contributed by atoms with Crippen LogP contribution in [0.5, 0.6) is 0 Å². The number of hydrogen-bond donors (Lipinski definition) is 1. The Morgan fingerprint density at radius 2 is 1.77 bits per heavy atom. The van der Waals surface area contributed by atoms with E-state index in [0.29, 0.717) is 22.5 Å². The number of imidazole rings is 1. The summed E-state index contributed by atoms with van der Waals surface area (Å²) in [5.41, 5.74) is 1.56. The normalized spacial score (nSPS) is 15.2. The predicted octanol–water partition coefficient (Wildman–Crippen LogP) is 3.96. The van der Waals surface area contributed by atoms with Gasteiger partial charge in [-0.15, -0.1) is 0 Å². The zero-order valence-electron chi connectivity index (χ0n) is 17.1. The van der Waals surface area contributed by atoms with E-state index in [2.05, 4.69) is 15.2 Å². The number of nitrogens with one attached hydrogen (secondary N) is 1. The van der Waals surface area contributed by atoms with E-state index in [1.165, 1.54) is 6.20 Å². The fourth-order valence-corrected chi connectivity index (χ4v) is 4.09. The maximum Gasteiger partial charge on any atom is 0.334 e. The molecular formula is C22H23Cl2N5O2. The number of pyridine rings is 1. The molecule has 162 valence electrons. The third-order valence-electron chi connectivity index (χ3n) is 5.51. The lowest BCUT2D eigenvalue weighted by Crippen LogP contribution is -2.40. The number of rotatable bonds is 5. The number of aromatic nitrogens is 3. The van der Waals surface area contributed by atoms with Crippen LogP contribution in [0.3, 0.4) is 0 Å². The SMILES string of the molecule is Cc1cn(CN2CCC(C(=O)Nc3ccc(Cl)cn3)CC2)c(=O)n1-c1ccc(Cl)cc1. The number of likely N-dealkylation sites (tertiary alicyclic amines) is 1. The van der Waals surface area contributed by atoms with Crippen LogP contribution < -0.4 is 11.0 Å². The van der Waals surface area contributed by atoms with Crippen LogP contribution in [0.2, 0.25) is 10.0 Å². The molecule has 4 rings (SSSR count). The second-order valence-electron chi connectivity index (χ2n) is 7.72. The number of piperidine rings is 1. The average Bonchev–Trinajstić information content (AvgIpc) is 3.04. The minimum absolute atomic E-state index is 0.0311. The van der Waals surface area contributed by atoms with Crippen LogP contribution in [0.4, 0.5) is 5.82 Å². The molecule has 1 amide bonds. The van der Waals surface area contributed by atoms with Crippen molar-refractivity contribution in [1.82, 2.24) is 19.0 Å². The molecule has 1 aliphatic rings. The Morgan fingerprint density at radius 3 is 2.42 bits per heavy atom. The lowest BCUT2D eigenvalue weighted by molar-refractivity contribution is -0.121. The summed E-state index contributed by atoms with van der Waals surface area (Å²) in [5.74, 6) is 0.393. The van der Waals surface area contributed by atoms with Gasteiger partial charge in [0.25, 0.3) is 0 Å². The van der Waals surface area contributed by atoms with E-state index >= 15 is 0 Å². The first kappa shape index (κ1) is 21.6.